The molecule has 0 saturated carbocycles. The summed E-state index contributed by atoms with van der Waals surface area (Å²) in [5.41, 5.74) is 1.29. The van der Waals surface area contributed by atoms with Crippen molar-refractivity contribution < 1.29 is 9.72 Å². The van der Waals surface area contributed by atoms with Crippen LogP contribution in [0.2, 0.25) is 5.02 Å². The molecule has 11 heteroatoms. The van der Waals surface area contributed by atoms with E-state index in [0.717, 1.165) is 5.56 Å². The SMILES string of the molecule is O=C(NCCn1ncc2c(=O)n(Cc3cccc(Cl)c3)cnc21)c1ccc([N+](=O)[O-])cc1. The molecule has 0 aliphatic heterocycles. The molecular weight excluding hydrogens is 436 g/mol. The lowest BCUT2D eigenvalue weighted by Crippen LogP contribution is -2.27. The second-order valence-corrected chi connectivity index (χ2v) is 7.41. The zero-order valence-electron chi connectivity index (χ0n) is 16.6. The molecule has 0 unspecified atom stereocenters. The summed E-state index contributed by atoms with van der Waals surface area (Å²) in [5, 5.41) is 18.6. The van der Waals surface area contributed by atoms with Gasteiger partial charge in [0, 0.05) is 29.3 Å². The molecule has 0 bridgehead atoms. The molecule has 0 aliphatic carbocycles. The van der Waals surface area contributed by atoms with Crippen molar-refractivity contribution in [3.8, 4) is 0 Å². The number of hydrogen-bond acceptors (Lipinski definition) is 6. The molecule has 4 rings (SSSR count). The predicted molar refractivity (Wildman–Crippen MR) is 118 cm³/mol. The molecule has 0 atom stereocenters. The average Bonchev–Trinajstić information content (AvgIpc) is 3.19. The molecule has 0 aliphatic rings. The zero-order valence-corrected chi connectivity index (χ0v) is 17.4. The number of aromatic nitrogens is 4. The minimum absolute atomic E-state index is 0.0864. The van der Waals surface area contributed by atoms with Crippen LogP contribution in [0.25, 0.3) is 11.0 Å². The maximum atomic E-state index is 12.8. The number of nitro groups is 1. The minimum Gasteiger partial charge on any atom is -0.350 e. The molecule has 0 fully saturated rings. The third-order valence-corrected chi connectivity index (χ3v) is 5.05. The molecule has 0 spiro atoms. The van der Waals surface area contributed by atoms with Gasteiger partial charge in [0.25, 0.3) is 17.2 Å². The summed E-state index contributed by atoms with van der Waals surface area (Å²) in [5.74, 6) is -0.367. The Hall–Kier alpha value is -4.05. The van der Waals surface area contributed by atoms with Crippen molar-refractivity contribution in [2.45, 2.75) is 13.1 Å². The van der Waals surface area contributed by atoms with Crippen LogP contribution in [0.3, 0.4) is 0 Å². The van der Waals surface area contributed by atoms with Crippen molar-refractivity contribution >= 4 is 34.2 Å². The predicted octanol–water partition coefficient (Wildman–Crippen LogP) is 2.63. The van der Waals surface area contributed by atoms with Crippen LogP contribution in [0, 0.1) is 10.1 Å². The van der Waals surface area contributed by atoms with E-state index in [0.29, 0.717) is 34.7 Å². The molecule has 162 valence electrons. The van der Waals surface area contributed by atoms with Gasteiger partial charge in [-0.2, -0.15) is 5.10 Å². The Balaban J connectivity index is 1.43. The maximum absolute atomic E-state index is 12.8. The van der Waals surface area contributed by atoms with Crippen LogP contribution < -0.4 is 10.9 Å². The van der Waals surface area contributed by atoms with E-state index in [1.54, 1.807) is 12.1 Å². The lowest BCUT2D eigenvalue weighted by Gasteiger charge is -2.08. The van der Waals surface area contributed by atoms with E-state index in [4.69, 9.17) is 11.6 Å². The van der Waals surface area contributed by atoms with Gasteiger partial charge in [-0.15, -0.1) is 0 Å². The van der Waals surface area contributed by atoms with Crippen LogP contribution in [0.1, 0.15) is 15.9 Å². The van der Waals surface area contributed by atoms with E-state index in [2.05, 4.69) is 15.4 Å². The third kappa shape index (κ3) is 4.49. The Morgan fingerprint density at radius 1 is 1.19 bits per heavy atom. The van der Waals surface area contributed by atoms with Crippen LogP contribution in [0.5, 0.6) is 0 Å². The number of carbonyl (C=O) groups excluding carboxylic acids is 1. The van der Waals surface area contributed by atoms with Gasteiger partial charge >= 0.3 is 0 Å². The van der Waals surface area contributed by atoms with Crippen molar-refractivity contribution in [2.75, 3.05) is 6.54 Å². The minimum atomic E-state index is -0.527. The molecule has 1 N–H and O–H groups in total. The van der Waals surface area contributed by atoms with E-state index in [9.17, 15) is 19.7 Å². The number of halogens is 1. The van der Waals surface area contributed by atoms with Gasteiger partial charge in [-0.05, 0) is 29.8 Å². The van der Waals surface area contributed by atoms with Gasteiger partial charge < -0.3 is 5.32 Å². The first-order chi connectivity index (χ1) is 15.4. The molecule has 2 aromatic heterocycles. The smallest absolute Gasteiger partial charge is 0.269 e. The summed E-state index contributed by atoms with van der Waals surface area (Å²) < 4.78 is 3.02. The Kier molecular flexibility index (Phi) is 5.95. The first kappa shape index (κ1) is 21.2. The normalized spacial score (nSPS) is 10.9. The lowest BCUT2D eigenvalue weighted by molar-refractivity contribution is -0.384. The second kappa shape index (κ2) is 8.98. The highest BCUT2D eigenvalue weighted by Gasteiger charge is 2.12. The van der Waals surface area contributed by atoms with Gasteiger partial charge in [0.15, 0.2) is 5.65 Å². The summed E-state index contributed by atoms with van der Waals surface area (Å²) in [4.78, 5) is 39.5. The van der Waals surface area contributed by atoms with Gasteiger partial charge in [0.1, 0.15) is 11.7 Å². The summed E-state index contributed by atoms with van der Waals surface area (Å²) in [6, 6.07) is 12.6. The third-order valence-electron chi connectivity index (χ3n) is 4.81. The van der Waals surface area contributed by atoms with Crippen molar-refractivity contribution in [2.24, 2.45) is 0 Å². The first-order valence-electron chi connectivity index (χ1n) is 9.60. The number of nitrogens with zero attached hydrogens (tertiary/aromatic N) is 5. The molecule has 0 radical (unpaired) electrons. The summed E-state index contributed by atoms with van der Waals surface area (Å²) >= 11 is 6.01. The van der Waals surface area contributed by atoms with E-state index in [-0.39, 0.29) is 23.7 Å². The molecule has 0 saturated heterocycles. The number of rotatable bonds is 7. The quantitative estimate of drug-likeness (QED) is 0.339. The van der Waals surface area contributed by atoms with Crippen LogP contribution in [-0.4, -0.2) is 36.7 Å². The largest absolute Gasteiger partial charge is 0.350 e. The summed E-state index contributed by atoms with van der Waals surface area (Å²) in [7, 11) is 0. The van der Waals surface area contributed by atoms with Crippen molar-refractivity contribution in [1.29, 1.82) is 0 Å². The van der Waals surface area contributed by atoms with Gasteiger partial charge in [0.05, 0.1) is 24.2 Å². The molecule has 2 heterocycles. The van der Waals surface area contributed by atoms with Crippen molar-refractivity contribution in [3.63, 3.8) is 0 Å². The lowest BCUT2D eigenvalue weighted by atomic mass is 10.2. The number of nitrogens with one attached hydrogen (secondary N) is 1. The number of carbonyl (C=O) groups is 1. The van der Waals surface area contributed by atoms with Crippen LogP contribution >= 0.6 is 11.6 Å². The highest BCUT2D eigenvalue weighted by atomic mass is 35.5. The Labute approximate surface area is 186 Å². The van der Waals surface area contributed by atoms with E-state index in [1.165, 1.54) is 46.0 Å². The van der Waals surface area contributed by atoms with Crippen molar-refractivity contribution in [1.82, 2.24) is 24.6 Å². The zero-order chi connectivity index (χ0) is 22.7. The number of fused-ring (bicyclic) bond motifs is 1. The Morgan fingerprint density at radius 3 is 2.69 bits per heavy atom. The molecule has 4 aromatic rings. The highest BCUT2D eigenvalue weighted by molar-refractivity contribution is 6.30. The number of non-ortho nitro benzene ring substituents is 1. The number of nitro benzene ring substituents is 1. The highest BCUT2D eigenvalue weighted by Crippen LogP contribution is 2.13. The summed E-state index contributed by atoms with van der Waals surface area (Å²) in [6.07, 6.45) is 2.91. The van der Waals surface area contributed by atoms with Gasteiger partial charge in [-0.1, -0.05) is 23.7 Å². The van der Waals surface area contributed by atoms with Gasteiger partial charge in [-0.25, -0.2) is 9.67 Å². The van der Waals surface area contributed by atoms with Crippen LogP contribution in [0.15, 0.2) is 65.8 Å². The Bertz CT molecular complexity index is 1360. The fourth-order valence-corrected chi connectivity index (χ4v) is 3.43. The van der Waals surface area contributed by atoms with Crippen LogP contribution in [0.4, 0.5) is 5.69 Å². The molecule has 2 aromatic carbocycles. The summed E-state index contributed by atoms with van der Waals surface area (Å²) in [6.45, 7) is 0.867. The molecule has 32 heavy (non-hydrogen) atoms. The number of amides is 1. The standard InChI is InChI=1S/C21H17ClN6O4/c22-16-3-1-2-14(10-16)12-26-13-24-19-18(21(26)30)11-25-27(19)9-8-23-20(29)15-4-6-17(7-5-15)28(31)32/h1-7,10-11,13H,8-9,12H2,(H,23,29). The van der Waals surface area contributed by atoms with E-state index < -0.39 is 4.92 Å². The molecule has 1 amide bonds. The van der Waals surface area contributed by atoms with Crippen molar-refractivity contribution in [3.05, 3.63) is 97.7 Å². The molecule has 10 nitrogen and oxygen atoms in total. The number of benzene rings is 2. The van der Waals surface area contributed by atoms with Gasteiger partial charge in [0.2, 0.25) is 0 Å². The van der Waals surface area contributed by atoms with E-state index >= 15 is 0 Å². The fraction of sp³-hybridized carbons (Fsp3) is 0.143. The second-order valence-electron chi connectivity index (χ2n) is 6.97. The fourth-order valence-electron chi connectivity index (χ4n) is 3.22. The van der Waals surface area contributed by atoms with Crippen LogP contribution in [-0.2, 0) is 13.1 Å². The van der Waals surface area contributed by atoms with Gasteiger partial charge in [-0.3, -0.25) is 24.3 Å². The topological polar surface area (TPSA) is 125 Å². The average molecular weight is 453 g/mol. The number of hydrogen-bond donors (Lipinski definition) is 1. The monoisotopic (exact) mass is 452 g/mol. The Morgan fingerprint density at radius 2 is 1.97 bits per heavy atom. The first-order valence-corrected chi connectivity index (χ1v) is 9.98. The maximum Gasteiger partial charge on any atom is 0.269 e. The molecular formula is C21H17ClN6O4. The van der Waals surface area contributed by atoms with E-state index in [1.807, 2.05) is 12.1 Å².